The molecular weight excluding hydrogens is 305 g/mol. The van der Waals surface area contributed by atoms with Gasteiger partial charge in [-0.25, -0.2) is 4.39 Å². The minimum absolute atomic E-state index is 0.341. The van der Waals surface area contributed by atoms with Gasteiger partial charge in [0.2, 0.25) is 0 Å². The fourth-order valence-corrected chi connectivity index (χ4v) is 2.14. The summed E-state index contributed by atoms with van der Waals surface area (Å²) >= 11 is 9.23. The third-order valence-corrected chi connectivity index (χ3v) is 3.30. The smallest absolute Gasteiger partial charge is 0.126 e. The highest BCUT2D eigenvalue weighted by atomic mass is 79.9. The van der Waals surface area contributed by atoms with Crippen molar-refractivity contribution in [2.24, 2.45) is 0 Å². The second kappa shape index (κ2) is 5.52. The number of anilines is 1. The van der Waals surface area contributed by atoms with Crippen LogP contribution in [-0.2, 0) is 6.54 Å². The fraction of sp³-hybridized carbons (Fsp3) is 0.0769. The normalized spacial score (nSPS) is 10.3. The Balaban J connectivity index is 2.10. The van der Waals surface area contributed by atoms with Crippen molar-refractivity contribution in [3.63, 3.8) is 0 Å². The van der Waals surface area contributed by atoms with E-state index in [1.165, 1.54) is 12.1 Å². The average molecular weight is 315 g/mol. The Morgan fingerprint density at radius 1 is 1.18 bits per heavy atom. The van der Waals surface area contributed by atoms with Crippen molar-refractivity contribution in [3.05, 3.63) is 63.3 Å². The van der Waals surface area contributed by atoms with E-state index in [0.29, 0.717) is 17.3 Å². The van der Waals surface area contributed by atoms with E-state index in [9.17, 15) is 4.39 Å². The molecule has 1 nitrogen and oxygen atoms in total. The highest BCUT2D eigenvalue weighted by Gasteiger charge is 2.01. The van der Waals surface area contributed by atoms with E-state index in [-0.39, 0.29) is 5.82 Å². The summed E-state index contributed by atoms with van der Waals surface area (Å²) in [7, 11) is 0. The molecule has 4 heteroatoms. The number of benzene rings is 2. The molecule has 0 saturated heterocycles. The highest BCUT2D eigenvalue weighted by Crippen LogP contribution is 2.21. The lowest BCUT2D eigenvalue weighted by Gasteiger charge is -2.08. The Bertz CT molecular complexity index is 510. The van der Waals surface area contributed by atoms with E-state index in [4.69, 9.17) is 11.6 Å². The molecule has 0 aromatic heterocycles. The van der Waals surface area contributed by atoms with Crippen LogP contribution in [0.3, 0.4) is 0 Å². The lowest BCUT2D eigenvalue weighted by atomic mass is 10.2. The Labute approximate surface area is 113 Å². The molecule has 0 radical (unpaired) electrons. The molecule has 0 unspecified atom stereocenters. The minimum atomic E-state index is -0.341. The molecule has 0 fully saturated rings. The molecule has 2 rings (SSSR count). The van der Waals surface area contributed by atoms with Crippen LogP contribution in [-0.4, -0.2) is 0 Å². The Kier molecular flexibility index (Phi) is 4.02. The summed E-state index contributed by atoms with van der Waals surface area (Å²) in [6.07, 6.45) is 0. The monoisotopic (exact) mass is 313 g/mol. The zero-order valence-corrected chi connectivity index (χ0v) is 11.2. The van der Waals surface area contributed by atoms with E-state index in [1.807, 2.05) is 24.3 Å². The summed E-state index contributed by atoms with van der Waals surface area (Å²) in [5, 5.41) is 3.52. The molecule has 0 aliphatic carbocycles. The maximum Gasteiger partial charge on any atom is 0.126 e. The first-order valence-electron chi connectivity index (χ1n) is 5.08. The molecule has 17 heavy (non-hydrogen) atoms. The summed E-state index contributed by atoms with van der Waals surface area (Å²) < 4.78 is 14.1. The average Bonchev–Trinajstić information content (AvgIpc) is 2.27. The van der Waals surface area contributed by atoms with Crippen molar-refractivity contribution in [1.29, 1.82) is 0 Å². The summed E-state index contributed by atoms with van der Waals surface area (Å²) in [4.78, 5) is 0. The number of nitrogens with one attached hydrogen (secondary N) is 1. The van der Waals surface area contributed by atoms with Crippen LogP contribution in [0, 0.1) is 5.82 Å². The standard InChI is InChI=1S/C13H10BrClFN/c14-13-4-2-1-3-9(13)8-17-12-6-10(15)5-11(16)7-12/h1-7,17H,8H2. The predicted octanol–water partition coefficient (Wildman–Crippen LogP) is 4.85. The first-order valence-corrected chi connectivity index (χ1v) is 6.25. The zero-order valence-electron chi connectivity index (χ0n) is 8.88. The topological polar surface area (TPSA) is 12.0 Å². The van der Waals surface area contributed by atoms with Gasteiger partial charge in [-0.05, 0) is 29.8 Å². The van der Waals surface area contributed by atoms with E-state index in [1.54, 1.807) is 6.07 Å². The van der Waals surface area contributed by atoms with E-state index >= 15 is 0 Å². The molecule has 0 bridgehead atoms. The summed E-state index contributed by atoms with van der Waals surface area (Å²) in [6, 6.07) is 12.3. The van der Waals surface area contributed by atoms with Gasteiger partial charge in [0.1, 0.15) is 5.82 Å². The van der Waals surface area contributed by atoms with Gasteiger partial charge in [0, 0.05) is 21.7 Å². The number of halogens is 3. The maximum absolute atomic E-state index is 13.1. The molecule has 1 N–H and O–H groups in total. The Hall–Kier alpha value is -1.06. The molecular formula is C13H10BrClFN. The molecule has 0 atom stereocenters. The summed E-state index contributed by atoms with van der Waals surface area (Å²) in [5.41, 5.74) is 1.78. The maximum atomic E-state index is 13.1. The van der Waals surface area contributed by atoms with Gasteiger partial charge in [0.25, 0.3) is 0 Å². The third kappa shape index (κ3) is 3.45. The van der Waals surface area contributed by atoms with Crippen molar-refractivity contribution >= 4 is 33.2 Å². The molecule has 0 aliphatic rings. The Morgan fingerprint density at radius 2 is 1.94 bits per heavy atom. The lowest BCUT2D eigenvalue weighted by Crippen LogP contribution is -2.00. The van der Waals surface area contributed by atoms with Crippen LogP contribution in [0.4, 0.5) is 10.1 Å². The molecule has 2 aromatic rings. The van der Waals surface area contributed by atoms with Crippen molar-refractivity contribution in [2.75, 3.05) is 5.32 Å². The number of hydrogen-bond acceptors (Lipinski definition) is 1. The van der Waals surface area contributed by atoms with Crippen LogP contribution in [0.1, 0.15) is 5.56 Å². The van der Waals surface area contributed by atoms with Crippen LogP contribution in [0.15, 0.2) is 46.9 Å². The first-order chi connectivity index (χ1) is 8.15. The van der Waals surface area contributed by atoms with Gasteiger partial charge in [0.15, 0.2) is 0 Å². The third-order valence-electron chi connectivity index (χ3n) is 2.30. The van der Waals surface area contributed by atoms with Crippen molar-refractivity contribution < 1.29 is 4.39 Å². The fourth-order valence-electron chi connectivity index (χ4n) is 1.49. The van der Waals surface area contributed by atoms with Gasteiger partial charge < -0.3 is 5.32 Å². The number of hydrogen-bond donors (Lipinski definition) is 1. The van der Waals surface area contributed by atoms with Crippen LogP contribution >= 0.6 is 27.5 Å². The predicted molar refractivity (Wildman–Crippen MR) is 72.9 cm³/mol. The summed E-state index contributed by atoms with van der Waals surface area (Å²) in [5.74, 6) is -0.341. The van der Waals surface area contributed by atoms with Gasteiger partial charge in [-0.3, -0.25) is 0 Å². The van der Waals surface area contributed by atoms with Crippen LogP contribution in [0.2, 0.25) is 5.02 Å². The van der Waals surface area contributed by atoms with Gasteiger partial charge in [-0.1, -0.05) is 45.7 Å². The highest BCUT2D eigenvalue weighted by molar-refractivity contribution is 9.10. The SMILES string of the molecule is Fc1cc(Cl)cc(NCc2ccccc2Br)c1. The van der Waals surface area contributed by atoms with Crippen LogP contribution in [0.25, 0.3) is 0 Å². The van der Waals surface area contributed by atoms with Crippen LogP contribution < -0.4 is 5.32 Å². The molecule has 0 heterocycles. The minimum Gasteiger partial charge on any atom is -0.381 e. The lowest BCUT2D eigenvalue weighted by molar-refractivity contribution is 0.628. The van der Waals surface area contributed by atoms with Crippen LogP contribution in [0.5, 0.6) is 0 Å². The van der Waals surface area contributed by atoms with Crippen molar-refractivity contribution in [2.45, 2.75) is 6.54 Å². The van der Waals surface area contributed by atoms with Crippen molar-refractivity contribution in [1.82, 2.24) is 0 Å². The van der Waals surface area contributed by atoms with Gasteiger partial charge in [-0.15, -0.1) is 0 Å². The molecule has 0 spiro atoms. The largest absolute Gasteiger partial charge is 0.381 e. The van der Waals surface area contributed by atoms with E-state index < -0.39 is 0 Å². The molecule has 0 aliphatic heterocycles. The molecule has 88 valence electrons. The second-order valence-electron chi connectivity index (χ2n) is 3.60. The van der Waals surface area contributed by atoms with E-state index in [2.05, 4.69) is 21.2 Å². The first kappa shape index (κ1) is 12.4. The van der Waals surface area contributed by atoms with E-state index in [0.717, 1.165) is 10.0 Å². The van der Waals surface area contributed by atoms with Gasteiger partial charge >= 0.3 is 0 Å². The summed E-state index contributed by atoms with van der Waals surface area (Å²) in [6.45, 7) is 0.612. The molecule has 0 saturated carbocycles. The quantitative estimate of drug-likeness (QED) is 0.853. The Morgan fingerprint density at radius 3 is 2.65 bits per heavy atom. The van der Waals surface area contributed by atoms with Gasteiger partial charge in [0.05, 0.1) is 0 Å². The number of rotatable bonds is 3. The molecule has 0 amide bonds. The van der Waals surface area contributed by atoms with Gasteiger partial charge in [-0.2, -0.15) is 0 Å². The second-order valence-corrected chi connectivity index (χ2v) is 4.89. The molecule has 2 aromatic carbocycles. The van der Waals surface area contributed by atoms with Crippen molar-refractivity contribution in [3.8, 4) is 0 Å². The zero-order chi connectivity index (χ0) is 12.3.